The van der Waals surface area contributed by atoms with Crippen molar-refractivity contribution >= 4 is 0 Å². The smallest absolute Gasteiger partial charge is 0.0576 e. The van der Waals surface area contributed by atoms with E-state index in [4.69, 9.17) is 10.6 Å². The largest absolute Gasteiger partial charge is 0.378 e. The molecule has 1 aromatic rings. The highest BCUT2D eigenvalue weighted by molar-refractivity contribution is 5.25. The van der Waals surface area contributed by atoms with Gasteiger partial charge in [0.05, 0.1) is 6.10 Å². The van der Waals surface area contributed by atoms with Gasteiger partial charge in [-0.3, -0.25) is 16.3 Å². The molecule has 1 fully saturated rings. The normalized spacial score (nSPS) is 21.1. The predicted molar refractivity (Wildman–Crippen MR) is 71.9 cm³/mol. The summed E-state index contributed by atoms with van der Waals surface area (Å²) in [6.07, 6.45) is 9.95. The summed E-state index contributed by atoms with van der Waals surface area (Å²) >= 11 is 0. The van der Waals surface area contributed by atoms with Gasteiger partial charge >= 0.3 is 0 Å². The molecule has 2 atom stereocenters. The molecule has 4 nitrogen and oxygen atoms in total. The van der Waals surface area contributed by atoms with E-state index in [2.05, 4.69) is 17.3 Å². The van der Waals surface area contributed by atoms with Crippen molar-refractivity contribution < 1.29 is 4.74 Å². The Morgan fingerprint density at radius 3 is 3.17 bits per heavy atom. The van der Waals surface area contributed by atoms with Crippen LogP contribution >= 0.6 is 0 Å². The molecule has 4 heteroatoms. The first-order chi connectivity index (χ1) is 8.81. The lowest BCUT2D eigenvalue weighted by molar-refractivity contribution is 0.101. The third-order valence-electron chi connectivity index (χ3n) is 3.68. The minimum absolute atomic E-state index is 0.217. The molecular weight excluding hydrogens is 226 g/mol. The highest BCUT2D eigenvalue weighted by Crippen LogP contribution is 2.24. The Balaban J connectivity index is 1.83. The summed E-state index contributed by atoms with van der Waals surface area (Å²) in [4.78, 5) is 4.12. The lowest BCUT2D eigenvalue weighted by Gasteiger charge is -2.19. The van der Waals surface area contributed by atoms with Gasteiger partial charge in [-0.15, -0.1) is 0 Å². The number of aryl methyl sites for hydroxylation is 1. The summed E-state index contributed by atoms with van der Waals surface area (Å²) in [6.45, 7) is 3.01. The molecule has 0 aromatic carbocycles. The maximum atomic E-state index is 5.67. The van der Waals surface area contributed by atoms with Crippen molar-refractivity contribution in [1.29, 1.82) is 0 Å². The zero-order valence-corrected chi connectivity index (χ0v) is 11.1. The minimum atomic E-state index is 0.217. The average Bonchev–Trinajstić information content (AvgIpc) is 2.89. The van der Waals surface area contributed by atoms with Gasteiger partial charge in [0.2, 0.25) is 0 Å². The van der Waals surface area contributed by atoms with Gasteiger partial charge in [0.25, 0.3) is 0 Å². The van der Waals surface area contributed by atoms with Crippen molar-refractivity contribution in [2.45, 2.75) is 51.2 Å². The Morgan fingerprint density at radius 2 is 2.50 bits per heavy atom. The van der Waals surface area contributed by atoms with E-state index in [1.807, 2.05) is 18.5 Å². The van der Waals surface area contributed by atoms with E-state index in [1.165, 1.54) is 24.0 Å². The molecule has 0 amide bonds. The van der Waals surface area contributed by atoms with E-state index in [-0.39, 0.29) is 6.04 Å². The number of hydrogen-bond acceptors (Lipinski definition) is 4. The monoisotopic (exact) mass is 249 g/mol. The third-order valence-corrected chi connectivity index (χ3v) is 3.68. The molecule has 100 valence electrons. The molecule has 0 aliphatic carbocycles. The molecule has 0 bridgehead atoms. The summed E-state index contributed by atoms with van der Waals surface area (Å²) in [7, 11) is 0. The van der Waals surface area contributed by atoms with Crippen LogP contribution in [0.3, 0.4) is 0 Å². The molecule has 1 aromatic heterocycles. The van der Waals surface area contributed by atoms with Crippen molar-refractivity contribution in [3.63, 3.8) is 0 Å². The van der Waals surface area contributed by atoms with Gasteiger partial charge in [0.1, 0.15) is 0 Å². The lowest BCUT2D eigenvalue weighted by Crippen LogP contribution is -2.28. The standard InChI is InChI=1S/C14H23N3O/c1-11-10-16-8-7-13(11)14(17-15)6-2-4-12-5-3-9-18-12/h7-8,10,12,14,17H,2-6,9,15H2,1H3. The second-order valence-corrected chi connectivity index (χ2v) is 5.02. The minimum Gasteiger partial charge on any atom is -0.378 e. The fraction of sp³-hybridized carbons (Fsp3) is 0.643. The van der Waals surface area contributed by atoms with Crippen LogP contribution in [-0.2, 0) is 4.74 Å². The van der Waals surface area contributed by atoms with Gasteiger partial charge in [-0.25, -0.2) is 0 Å². The molecule has 2 unspecified atom stereocenters. The fourth-order valence-corrected chi connectivity index (χ4v) is 2.63. The van der Waals surface area contributed by atoms with Crippen molar-refractivity contribution in [2.75, 3.05) is 6.61 Å². The van der Waals surface area contributed by atoms with Crippen LogP contribution in [0.2, 0.25) is 0 Å². The van der Waals surface area contributed by atoms with Crippen LogP contribution in [-0.4, -0.2) is 17.7 Å². The summed E-state index contributed by atoms with van der Waals surface area (Å²) in [6, 6.07) is 2.26. The molecule has 0 spiro atoms. The average molecular weight is 249 g/mol. The number of nitrogens with two attached hydrogens (primary N) is 1. The van der Waals surface area contributed by atoms with Crippen LogP contribution in [0.4, 0.5) is 0 Å². The van der Waals surface area contributed by atoms with Crippen molar-refractivity contribution in [1.82, 2.24) is 10.4 Å². The second kappa shape index (κ2) is 6.83. The first kappa shape index (κ1) is 13.5. The Labute approximate surface area is 109 Å². The van der Waals surface area contributed by atoms with Gasteiger partial charge < -0.3 is 4.74 Å². The molecule has 2 heterocycles. The van der Waals surface area contributed by atoms with Crippen molar-refractivity contribution in [3.05, 3.63) is 29.6 Å². The topological polar surface area (TPSA) is 60.2 Å². The highest BCUT2D eigenvalue weighted by Gasteiger charge is 2.17. The molecule has 18 heavy (non-hydrogen) atoms. The van der Waals surface area contributed by atoms with Gasteiger partial charge in [0.15, 0.2) is 0 Å². The van der Waals surface area contributed by atoms with Gasteiger partial charge in [-0.05, 0) is 56.2 Å². The fourth-order valence-electron chi connectivity index (χ4n) is 2.63. The molecule has 1 aliphatic heterocycles. The lowest BCUT2D eigenvalue weighted by atomic mass is 9.98. The molecule has 1 aliphatic rings. The Bertz CT molecular complexity index is 364. The van der Waals surface area contributed by atoms with Crippen LogP contribution in [0.15, 0.2) is 18.5 Å². The van der Waals surface area contributed by atoms with Gasteiger partial charge in [-0.2, -0.15) is 0 Å². The Kier molecular flexibility index (Phi) is 5.11. The van der Waals surface area contributed by atoms with Crippen LogP contribution in [0, 0.1) is 6.92 Å². The zero-order valence-electron chi connectivity index (χ0n) is 11.1. The van der Waals surface area contributed by atoms with Crippen LogP contribution < -0.4 is 11.3 Å². The molecule has 2 rings (SSSR count). The van der Waals surface area contributed by atoms with Gasteiger partial charge in [0, 0.05) is 25.0 Å². The first-order valence-electron chi connectivity index (χ1n) is 6.79. The van der Waals surface area contributed by atoms with E-state index < -0.39 is 0 Å². The second-order valence-electron chi connectivity index (χ2n) is 5.02. The predicted octanol–water partition coefficient (Wildman–Crippen LogP) is 2.24. The number of rotatable bonds is 6. The number of nitrogens with zero attached hydrogens (tertiary/aromatic N) is 1. The van der Waals surface area contributed by atoms with E-state index in [9.17, 15) is 0 Å². The van der Waals surface area contributed by atoms with E-state index in [0.717, 1.165) is 25.9 Å². The van der Waals surface area contributed by atoms with E-state index >= 15 is 0 Å². The maximum absolute atomic E-state index is 5.67. The molecule has 1 saturated heterocycles. The summed E-state index contributed by atoms with van der Waals surface area (Å²) in [5.41, 5.74) is 5.36. The van der Waals surface area contributed by atoms with E-state index in [0.29, 0.717) is 6.10 Å². The maximum Gasteiger partial charge on any atom is 0.0576 e. The quantitative estimate of drug-likeness (QED) is 0.599. The van der Waals surface area contributed by atoms with Crippen LogP contribution in [0.25, 0.3) is 0 Å². The van der Waals surface area contributed by atoms with Crippen LogP contribution in [0.5, 0.6) is 0 Å². The van der Waals surface area contributed by atoms with E-state index in [1.54, 1.807) is 0 Å². The first-order valence-corrected chi connectivity index (χ1v) is 6.79. The number of hydrogen-bond donors (Lipinski definition) is 2. The number of pyridine rings is 1. The molecule has 0 saturated carbocycles. The SMILES string of the molecule is Cc1cnccc1C(CCCC1CCCO1)NN. The number of nitrogens with one attached hydrogen (secondary N) is 1. The van der Waals surface area contributed by atoms with Gasteiger partial charge in [-0.1, -0.05) is 0 Å². The zero-order chi connectivity index (χ0) is 12.8. The number of aromatic nitrogens is 1. The molecule has 3 N–H and O–H groups in total. The summed E-state index contributed by atoms with van der Waals surface area (Å²) in [5, 5.41) is 0. The number of hydrazine groups is 1. The molecule has 0 radical (unpaired) electrons. The molecular formula is C14H23N3O. The highest BCUT2D eigenvalue weighted by atomic mass is 16.5. The summed E-state index contributed by atoms with van der Waals surface area (Å²) in [5.74, 6) is 5.67. The number of ether oxygens (including phenoxy) is 1. The van der Waals surface area contributed by atoms with Crippen molar-refractivity contribution in [2.24, 2.45) is 5.84 Å². The van der Waals surface area contributed by atoms with Crippen LogP contribution in [0.1, 0.15) is 49.3 Å². The van der Waals surface area contributed by atoms with Crippen molar-refractivity contribution in [3.8, 4) is 0 Å². The Morgan fingerprint density at radius 1 is 1.61 bits per heavy atom. The summed E-state index contributed by atoms with van der Waals surface area (Å²) < 4.78 is 5.64. The third kappa shape index (κ3) is 3.51. The Hall–Kier alpha value is -0.970.